The van der Waals surface area contributed by atoms with Crippen LogP contribution in [0.5, 0.6) is 0 Å². The number of hydrogen-bond acceptors (Lipinski definition) is 3. The maximum absolute atomic E-state index is 8.71. The van der Waals surface area contributed by atoms with E-state index in [0.29, 0.717) is 6.42 Å². The Bertz CT molecular complexity index is 255. The molecule has 1 aromatic carbocycles. The lowest BCUT2D eigenvalue weighted by atomic mass is 10.1. The first kappa shape index (κ1) is 12.2. The number of halogens is 1. The fourth-order valence-electron chi connectivity index (χ4n) is 1.09. The Balaban J connectivity index is 0.00000144. The van der Waals surface area contributed by atoms with Crippen molar-refractivity contribution in [2.24, 2.45) is 5.73 Å². The average molecular weight is 203 g/mol. The Morgan fingerprint density at radius 2 is 2.08 bits per heavy atom. The molecule has 3 nitrogen and oxygen atoms in total. The lowest BCUT2D eigenvalue weighted by Gasteiger charge is -2.07. The number of nitrogens with two attached hydrogens (primary N) is 2. The number of aliphatic hydroxyl groups excluding tert-OH is 1. The van der Waals surface area contributed by atoms with Crippen LogP contribution in [0.15, 0.2) is 24.3 Å². The molecular formula is C9H15ClN2O. The molecule has 0 bridgehead atoms. The molecule has 74 valence electrons. The van der Waals surface area contributed by atoms with Crippen LogP contribution in [0.2, 0.25) is 0 Å². The van der Waals surface area contributed by atoms with Crippen LogP contribution in [0.4, 0.5) is 5.69 Å². The Morgan fingerprint density at radius 3 is 2.62 bits per heavy atom. The molecule has 1 rings (SSSR count). The van der Waals surface area contributed by atoms with E-state index in [4.69, 9.17) is 16.6 Å². The molecular weight excluding hydrogens is 188 g/mol. The van der Waals surface area contributed by atoms with Crippen molar-refractivity contribution in [3.8, 4) is 0 Å². The molecule has 1 atom stereocenters. The largest absolute Gasteiger partial charge is 0.399 e. The molecule has 0 radical (unpaired) electrons. The molecule has 0 heterocycles. The van der Waals surface area contributed by atoms with Crippen molar-refractivity contribution in [1.29, 1.82) is 0 Å². The van der Waals surface area contributed by atoms with Gasteiger partial charge in [0.15, 0.2) is 0 Å². The minimum absolute atomic E-state index is 0. The van der Waals surface area contributed by atoms with E-state index < -0.39 is 0 Å². The van der Waals surface area contributed by atoms with Gasteiger partial charge in [0.05, 0.1) is 6.61 Å². The second-order valence-electron chi connectivity index (χ2n) is 2.89. The molecule has 1 aromatic rings. The lowest BCUT2D eigenvalue weighted by molar-refractivity contribution is 0.265. The number of hydrogen-bond donors (Lipinski definition) is 3. The van der Waals surface area contributed by atoms with Gasteiger partial charge in [-0.05, 0) is 24.1 Å². The number of benzene rings is 1. The molecule has 0 spiro atoms. The third-order valence-electron chi connectivity index (χ3n) is 1.68. The van der Waals surface area contributed by atoms with Gasteiger partial charge in [-0.3, -0.25) is 0 Å². The van der Waals surface area contributed by atoms with Crippen LogP contribution < -0.4 is 11.5 Å². The van der Waals surface area contributed by atoms with E-state index in [1.165, 1.54) is 0 Å². The first-order valence-corrected chi connectivity index (χ1v) is 3.93. The molecule has 0 saturated carbocycles. The van der Waals surface area contributed by atoms with Crippen molar-refractivity contribution in [1.82, 2.24) is 0 Å². The summed E-state index contributed by atoms with van der Waals surface area (Å²) < 4.78 is 0. The van der Waals surface area contributed by atoms with E-state index in [1.807, 2.05) is 24.3 Å². The minimum Gasteiger partial charge on any atom is -0.399 e. The van der Waals surface area contributed by atoms with Gasteiger partial charge >= 0.3 is 0 Å². The Morgan fingerprint density at radius 1 is 1.38 bits per heavy atom. The lowest BCUT2D eigenvalue weighted by Crippen LogP contribution is -2.26. The summed E-state index contributed by atoms with van der Waals surface area (Å²) in [6, 6.07) is 7.34. The van der Waals surface area contributed by atoms with Crippen molar-refractivity contribution >= 4 is 18.1 Å². The first-order valence-electron chi connectivity index (χ1n) is 3.93. The highest BCUT2D eigenvalue weighted by molar-refractivity contribution is 5.85. The van der Waals surface area contributed by atoms with E-state index >= 15 is 0 Å². The summed E-state index contributed by atoms with van der Waals surface area (Å²) in [7, 11) is 0. The van der Waals surface area contributed by atoms with E-state index in [9.17, 15) is 0 Å². The number of nitrogen functional groups attached to an aromatic ring is 1. The third-order valence-corrected chi connectivity index (χ3v) is 1.68. The van der Waals surface area contributed by atoms with Gasteiger partial charge < -0.3 is 16.6 Å². The maximum Gasteiger partial charge on any atom is 0.0585 e. The fraction of sp³-hybridized carbons (Fsp3) is 0.333. The van der Waals surface area contributed by atoms with Crippen molar-refractivity contribution in [3.05, 3.63) is 29.8 Å². The Kier molecular flexibility index (Phi) is 5.46. The van der Waals surface area contributed by atoms with Gasteiger partial charge in [0, 0.05) is 11.7 Å². The van der Waals surface area contributed by atoms with Crippen LogP contribution in [-0.4, -0.2) is 17.8 Å². The molecule has 0 saturated heterocycles. The van der Waals surface area contributed by atoms with Crippen LogP contribution in [-0.2, 0) is 6.42 Å². The summed E-state index contributed by atoms with van der Waals surface area (Å²) in [4.78, 5) is 0. The minimum atomic E-state index is -0.188. The van der Waals surface area contributed by atoms with Gasteiger partial charge in [-0.2, -0.15) is 0 Å². The number of rotatable bonds is 3. The fourth-order valence-corrected chi connectivity index (χ4v) is 1.09. The molecule has 0 fully saturated rings. The number of anilines is 1. The van der Waals surface area contributed by atoms with Gasteiger partial charge in [-0.15, -0.1) is 12.4 Å². The van der Waals surface area contributed by atoms with Crippen molar-refractivity contribution < 1.29 is 5.11 Å². The zero-order valence-corrected chi connectivity index (χ0v) is 8.13. The highest BCUT2D eigenvalue weighted by Crippen LogP contribution is 2.07. The molecule has 0 unspecified atom stereocenters. The molecule has 0 aromatic heterocycles. The van der Waals surface area contributed by atoms with E-state index in [0.717, 1.165) is 11.3 Å². The maximum atomic E-state index is 8.71. The van der Waals surface area contributed by atoms with Gasteiger partial charge in [0.1, 0.15) is 0 Å². The van der Waals surface area contributed by atoms with Gasteiger partial charge in [0.2, 0.25) is 0 Å². The van der Waals surface area contributed by atoms with Crippen LogP contribution in [0, 0.1) is 0 Å². The topological polar surface area (TPSA) is 72.3 Å². The quantitative estimate of drug-likeness (QED) is 0.627. The summed E-state index contributed by atoms with van der Waals surface area (Å²) in [5.41, 5.74) is 12.9. The van der Waals surface area contributed by atoms with E-state index in [2.05, 4.69) is 0 Å². The average Bonchev–Trinajstić information content (AvgIpc) is 2.04. The highest BCUT2D eigenvalue weighted by atomic mass is 35.5. The summed E-state index contributed by atoms with van der Waals surface area (Å²) in [5.74, 6) is 0. The predicted molar refractivity (Wildman–Crippen MR) is 56.9 cm³/mol. The third kappa shape index (κ3) is 4.12. The van der Waals surface area contributed by atoms with E-state index in [1.54, 1.807) is 0 Å². The summed E-state index contributed by atoms with van der Waals surface area (Å²) in [6.45, 7) is 0.00873. The van der Waals surface area contributed by atoms with Gasteiger partial charge in [0.25, 0.3) is 0 Å². The van der Waals surface area contributed by atoms with Crippen LogP contribution >= 0.6 is 12.4 Å². The Hall–Kier alpha value is -0.770. The smallest absolute Gasteiger partial charge is 0.0585 e. The highest BCUT2D eigenvalue weighted by Gasteiger charge is 2.01. The zero-order chi connectivity index (χ0) is 8.97. The molecule has 0 aliphatic rings. The zero-order valence-electron chi connectivity index (χ0n) is 7.31. The predicted octanol–water partition coefficient (Wildman–Crippen LogP) is 0.553. The SMILES string of the molecule is Cl.Nc1cccc(C[C@H](N)CO)c1. The summed E-state index contributed by atoms with van der Waals surface area (Å²) in [6.07, 6.45) is 0.668. The van der Waals surface area contributed by atoms with Crippen LogP contribution in [0.1, 0.15) is 5.56 Å². The molecule has 13 heavy (non-hydrogen) atoms. The van der Waals surface area contributed by atoms with Crippen LogP contribution in [0.3, 0.4) is 0 Å². The monoisotopic (exact) mass is 202 g/mol. The molecule has 5 N–H and O–H groups in total. The van der Waals surface area contributed by atoms with E-state index in [-0.39, 0.29) is 25.1 Å². The van der Waals surface area contributed by atoms with Gasteiger partial charge in [-0.1, -0.05) is 12.1 Å². The standard InChI is InChI=1S/C9H14N2O.ClH/c10-8-3-1-2-7(4-8)5-9(11)6-12;/h1-4,9,12H,5-6,10-11H2;1H/t9-;/m0./s1. The molecule has 4 heteroatoms. The van der Waals surface area contributed by atoms with Crippen molar-refractivity contribution in [3.63, 3.8) is 0 Å². The first-order chi connectivity index (χ1) is 5.72. The molecule has 0 aliphatic carbocycles. The molecule has 0 aliphatic heterocycles. The Labute approximate surface area is 84.2 Å². The normalized spacial score (nSPS) is 11.8. The second-order valence-corrected chi connectivity index (χ2v) is 2.89. The number of aliphatic hydroxyl groups is 1. The summed E-state index contributed by atoms with van der Waals surface area (Å²) >= 11 is 0. The molecule has 0 amide bonds. The van der Waals surface area contributed by atoms with Crippen LogP contribution in [0.25, 0.3) is 0 Å². The van der Waals surface area contributed by atoms with Crippen molar-refractivity contribution in [2.45, 2.75) is 12.5 Å². The van der Waals surface area contributed by atoms with Gasteiger partial charge in [-0.25, -0.2) is 0 Å². The summed E-state index contributed by atoms with van der Waals surface area (Å²) in [5, 5.41) is 8.71. The van der Waals surface area contributed by atoms with Crippen molar-refractivity contribution in [2.75, 3.05) is 12.3 Å². The second kappa shape index (κ2) is 5.80.